The molecule has 0 radical (unpaired) electrons. The minimum atomic E-state index is -0.738. The largest absolute Gasteiger partial charge is 0.481 e. The molecule has 0 aromatic heterocycles. The Balaban J connectivity index is 3.78. The van der Waals surface area contributed by atoms with Gasteiger partial charge in [-0.1, -0.05) is 33.6 Å². The van der Waals surface area contributed by atoms with Gasteiger partial charge in [-0.3, -0.25) is 9.59 Å². The van der Waals surface area contributed by atoms with E-state index in [-0.39, 0.29) is 12.3 Å². The van der Waals surface area contributed by atoms with E-state index >= 15 is 0 Å². The molecule has 19 heavy (non-hydrogen) atoms. The summed E-state index contributed by atoms with van der Waals surface area (Å²) < 4.78 is 0. The second-order valence-corrected chi connectivity index (χ2v) is 6.65. The Hall–Kier alpha value is -0.710. The lowest BCUT2D eigenvalue weighted by atomic mass is 9.94. The van der Waals surface area contributed by atoms with E-state index in [1.165, 1.54) is 0 Å². The third-order valence-electron chi connectivity index (χ3n) is 2.89. The van der Waals surface area contributed by atoms with Gasteiger partial charge < -0.3 is 10.4 Å². The van der Waals surface area contributed by atoms with E-state index in [2.05, 4.69) is 26.1 Å². The maximum absolute atomic E-state index is 11.5. The molecule has 0 saturated heterocycles. The van der Waals surface area contributed by atoms with Crippen LogP contribution >= 0.6 is 11.8 Å². The van der Waals surface area contributed by atoms with Gasteiger partial charge in [-0.05, 0) is 24.0 Å². The van der Waals surface area contributed by atoms with Gasteiger partial charge in [-0.15, -0.1) is 11.8 Å². The third kappa shape index (κ3) is 12.1. The van der Waals surface area contributed by atoms with Crippen molar-refractivity contribution in [1.29, 1.82) is 0 Å². The molecule has 0 heterocycles. The lowest BCUT2D eigenvalue weighted by molar-refractivity contribution is -0.137. The summed E-state index contributed by atoms with van der Waals surface area (Å²) in [5.41, 5.74) is 0. The van der Waals surface area contributed by atoms with Crippen LogP contribution in [0.15, 0.2) is 0 Å². The number of hydrogen-bond acceptors (Lipinski definition) is 3. The topological polar surface area (TPSA) is 66.4 Å². The molecule has 0 fully saturated rings. The number of carbonyl (C=O) groups is 2. The minimum Gasteiger partial charge on any atom is -0.481 e. The van der Waals surface area contributed by atoms with Crippen LogP contribution in [-0.4, -0.2) is 34.5 Å². The maximum atomic E-state index is 11.5. The van der Waals surface area contributed by atoms with Crippen LogP contribution in [0.1, 0.15) is 52.9 Å². The number of carbonyl (C=O) groups excluding carboxylic acids is 1. The molecule has 112 valence electrons. The van der Waals surface area contributed by atoms with Gasteiger partial charge in [0.25, 0.3) is 0 Å². The van der Waals surface area contributed by atoms with E-state index in [0.29, 0.717) is 29.9 Å². The zero-order chi connectivity index (χ0) is 14.7. The number of rotatable bonds is 11. The molecule has 1 atom stereocenters. The fourth-order valence-electron chi connectivity index (χ4n) is 1.88. The van der Waals surface area contributed by atoms with Gasteiger partial charge in [0, 0.05) is 13.0 Å². The maximum Gasteiger partial charge on any atom is 0.303 e. The molecule has 0 aromatic carbocycles. The van der Waals surface area contributed by atoms with Gasteiger partial charge >= 0.3 is 5.97 Å². The fourth-order valence-corrected chi connectivity index (χ4v) is 2.46. The average molecular weight is 289 g/mol. The van der Waals surface area contributed by atoms with Crippen molar-refractivity contribution in [2.24, 2.45) is 5.92 Å². The number of hydrogen-bond donors (Lipinski definition) is 2. The van der Waals surface area contributed by atoms with Crippen molar-refractivity contribution < 1.29 is 14.7 Å². The van der Waals surface area contributed by atoms with E-state index in [9.17, 15) is 9.59 Å². The molecular weight excluding hydrogens is 262 g/mol. The number of carboxylic acid groups (broad SMARTS) is 1. The Labute approximate surface area is 120 Å². The molecule has 0 aliphatic carbocycles. The van der Waals surface area contributed by atoms with Crippen LogP contribution in [0.3, 0.4) is 0 Å². The highest BCUT2D eigenvalue weighted by atomic mass is 32.2. The fraction of sp³-hybridized carbons (Fsp3) is 0.857. The Morgan fingerprint density at radius 3 is 2.42 bits per heavy atom. The van der Waals surface area contributed by atoms with Crippen LogP contribution in [0.5, 0.6) is 0 Å². The van der Waals surface area contributed by atoms with E-state index in [4.69, 9.17) is 5.11 Å². The van der Waals surface area contributed by atoms with Crippen molar-refractivity contribution in [1.82, 2.24) is 5.32 Å². The van der Waals surface area contributed by atoms with Crippen molar-refractivity contribution in [3.05, 3.63) is 0 Å². The van der Waals surface area contributed by atoms with Gasteiger partial charge in [-0.2, -0.15) is 0 Å². The summed E-state index contributed by atoms with van der Waals surface area (Å²) >= 11 is 1.63. The van der Waals surface area contributed by atoms with E-state index in [0.717, 1.165) is 19.3 Å². The van der Waals surface area contributed by atoms with Gasteiger partial charge in [0.05, 0.1) is 5.75 Å². The van der Waals surface area contributed by atoms with Gasteiger partial charge in [0.15, 0.2) is 0 Å². The van der Waals surface area contributed by atoms with Crippen molar-refractivity contribution in [3.8, 4) is 0 Å². The normalized spacial score (nSPS) is 12.4. The SMILES string of the molecule is CCCC(CCNC(=O)CSC(C)C)CCC(=O)O. The molecule has 1 unspecified atom stereocenters. The standard InChI is InChI=1S/C14H27NO3S/c1-4-5-12(6-7-14(17)18)8-9-15-13(16)10-19-11(2)3/h11-12H,4-10H2,1-3H3,(H,15,16)(H,17,18). The van der Waals surface area contributed by atoms with E-state index in [1.54, 1.807) is 11.8 Å². The summed E-state index contributed by atoms with van der Waals surface area (Å²) in [4.78, 5) is 22.1. The Kier molecular flexibility index (Phi) is 10.7. The van der Waals surface area contributed by atoms with Crippen LogP contribution in [0.25, 0.3) is 0 Å². The highest BCUT2D eigenvalue weighted by molar-refractivity contribution is 8.00. The lowest BCUT2D eigenvalue weighted by Gasteiger charge is -2.15. The van der Waals surface area contributed by atoms with Gasteiger partial charge in [0.1, 0.15) is 0 Å². The van der Waals surface area contributed by atoms with Gasteiger partial charge in [-0.25, -0.2) is 0 Å². The Morgan fingerprint density at radius 1 is 1.21 bits per heavy atom. The van der Waals surface area contributed by atoms with Crippen LogP contribution in [0.4, 0.5) is 0 Å². The van der Waals surface area contributed by atoms with Crippen molar-refractivity contribution in [2.45, 2.75) is 58.1 Å². The molecule has 2 N–H and O–H groups in total. The summed E-state index contributed by atoms with van der Waals surface area (Å²) in [6.45, 7) is 6.90. The second kappa shape index (κ2) is 11.1. The van der Waals surface area contributed by atoms with Crippen LogP contribution in [-0.2, 0) is 9.59 Å². The van der Waals surface area contributed by atoms with Crippen molar-refractivity contribution in [3.63, 3.8) is 0 Å². The monoisotopic (exact) mass is 289 g/mol. The first-order valence-corrected chi connectivity index (χ1v) is 8.10. The smallest absolute Gasteiger partial charge is 0.303 e. The van der Waals surface area contributed by atoms with Crippen LogP contribution in [0.2, 0.25) is 0 Å². The Morgan fingerprint density at radius 2 is 1.89 bits per heavy atom. The molecule has 0 aliphatic heterocycles. The average Bonchev–Trinajstić information content (AvgIpc) is 2.33. The summed E-state index contributed by atoms with van der Waals surface area (Å²) in [5.74, 6) is 0.246. The first kappa shape index (κ1) is 18.3. The van der Waals surface area contributed by atoms with Crippen LogP contribution in [0, 0.1) is 5.92 Å². The van der Waals surface area contributed by atoms with Crippen LogP contribution < -0.4 is 5.32 Å². The highest BCUT2D eigenvalue weighted by Crippen LogP contribution is 2.17. The summed E-state index contributed by atoms with van der Waals surface area (Å²) in [5, 5.41) is 12.1. The lowest BCUT2D eigenvalue weighted by Crippen LogP contribution is -2.28. The van der Waals surface area contributed by atoms with E-state index in [1.807, 2.05) is 0 Å². The molecular formula is C14H27NO3S. The number of carboxylic acids is 1. The molecule has 1 amide bonds. The molecule has 0 bridgehead atoms. The van der Waals surface area contributed by atoms with E-state index < -0.39 is 5.97 Å². The first-order valence-electron chi connectivity index (χ1n) is 7.05. The van der Waals surface area contributed by atoms with Crippen molar-refractivity contribution >= 4 is 23.6 Å². The first-order chi connectivity index (χ1) is 8.95. The van der Waals surface area contributed by atoms with Gasteiger partial charge in [0.2, 0.25) is 5.91 Å². The predicted molar refractivity (Wildman–Crippen MR) is 80.5 cm³/mol. The zero-order valence-corrected chi connectivity index (χ0v) is 13.1. The molecule has 0 spiro atoms. The summed E-state index contributed by atoms with van der Waals surface area (Å²) in [7, 11) is 0. The minimum absolute atomic E-state index is 0.0761. The highest BCUT2D eigenvalue weighted by Gasteiger charge is 2.11. The van der Waals surface area contributed by atoms with Crippen molar-refractivity contribution in [2.75, 3.05) is 12.3 Å². The Bertz CT molecular complexity index is 269. The number of nitrogens with one attached hydrogen (secondary N) is 1. The third-order valence-corrected chi connectivity index (χ3v) is 3.98. The number of amides is 1. The second-order valence-electron chi connectivity index (χ2n) is 5.09. The molecule has 4 nitrogen and oxygen atoms in total. The quantitative estimate of drug-likeness (QED) is 0.614. The summed E-state index contributed by atoms with van der Waals surface area (Å²) in [6, 6.07) is 0. The zero-order valence-electron chi connectivity index (χ0n) is 12.3. The molecule has 0 aromatic rings. The molecule has 0 aliphatic rings. The molecule has 0 rings (SSSR count). The predicted octanol–water partition coefficient (Wildman–Crippen LogP) is 2.92. The summed E-state index contributed by atoms with van der Waals surface area (Å²) in [6.07, 6.45) is 3.89. The molecule has 5 heteroatoms. The number of thioether (sulfide) groups is 1. The number of aliphatic carboxylic acids is 1. The molecule has 0 saturated carbocycles.